The van der Waals surface area contributed by atoms with E-state index in [4.69, 9.17) is 0 Å². The van der Waals surface area contributed by atoms with E-state index in [1.807, 2.05) is 13.0 Å². The lowest BCUT2D eigenvalue weighted by Gasteiger charge is -2.02. The van der Waals surface area contributed by atoms with Crippen LogP contribution in [0.3, 0.4) is 0 Å². The maximum Gasteiger partial charge on any atom is 0.292 e. The lowest BCUT2D eigenvalue weighted by atomic mass is 10.1. The standard InChI is InChI=1S/C15H14N2O3S/c1-10-3-8-15(21-10)14(18)7-5-11-4-6-12(16-2)13(9-11)17(19)20/h3-9,16H,1-2H3/b7-5+. The number of hydrogen-bond donors (Lipinski definition) is 1. The number of ketones is 1. The molecule has 0 aliphatic rings. The zero-order chi connectivity index (χ0) is 15.4. The molecule has 1 heterocycles. The Morgan fingerprint density at radius 2 is 2.10 bits per heavy atom. The number of nitro groups is 1. The van der Waals surface area contributed by atoms with Crippen molar-refractivity contribution in [3.63, 3.8) is 0 Å². The third kappa shape index (κ3) is 3.55. The second kappa shape index (κ2) is 6.32. The van der Waals surface area contributed by atoms with Gasteiger partial charge in [-0.3, -0.25) is 14.9 Å². The SMILES string of the molecule is CNc1ccc(/C=C/C(=O)c2ccc(C)s2)cc1[N+](=O)[O-]. The molecule has 0 saturated heterocycles. The van der Waals surface area contributed by atoms with Crippen LogP contribution < -0.4 is 5.32 Å². The molecule has 0 unspecified atom stereocenters. The Kier molecular flexibility index (Phi) is 4.49. The first-order valence-electron chi connectivity index (χ1n) is 6.26. The quantitative estimate of drug-likeness (QED) is 0.393. The largest absolute Gasteiger partial charge is 0.383 e. The number of nitro benzene ring substituents is 1. The molecule has 2 rings (SSSR count). The van der Waals surface area contributed by atoms with Crippen LogP contribution in [0.1, 0.15) is 20.1 Å². The van der Waals surface area contributed by atoms with Gasteiger partial charge >= 0.3 is 0 Å². The summed E-state index contributed by atoms with van der Waals surface area (Å²) in [6.07, 6.45) is 3.02. The van der Waals surface area contributed by atoms with E-state index in [2.05, 4.69) is 5.32 Å². The minimum atomic E-state index is -0.451. The zero-order valence-corrected chi connectivity index (χ0v) is 12.4. The monoisotopic (exact) mass is 302 g/mol. The number of carbonyl (C=O) groups excluding carboxylic acids is 1. The Balaban J connectivity index is 2.23. The molecule has 0 bridgehead atoms. The molecule has 21 heavy (non-hydrogen) atoms. The third-order valence-electron chi connectivity index (χ3n) is 2.90. The molecule has 0 aliphatic heterocycles. The highest BCUT2D eigenvalue weighted by atomic mass is 32.1. The summed E-state index contributed by atoms with van der Waals surface area (Å²) >= 11 is 1.43. The second-order valence-corrected chi connectivity index (χ2v) is 5.68. The summed E-state index contributed by atoms with van der Waals surface area (Å²) in [4.78, 5) is 24.2. The highest BCUT2D eigenvalue weighted by Gasteiger charge is 2.12. The van der Waals surface area contributed by atoms with Crippen LogP contribution in [0.25, 0.3) is 6.08 Å². The van der Waals surface area contributed by atoms with Crippen LogP contribution >= 0.6 is 11.3 Å². The van der Waals surface area contributed by atoms with Gasteiger partial charge in [-0.15, -0.1) is 11.3 Å². The summed E-state index contributed by atoms with van der Waals surface area (Å²) < 4.78 is 0. The average Bonchev–Trinajstić information content (AvgIpc) is 2.91. The summed E-state index contributed by atoms with van der Waals surface area (Å²) in [6.45, 7) is 1.94. The first-order chi connectivity index (χ1) is 10.0. The van der Waals surface area contributed by atoms with Crippen molar-refractivity contribution in [1.82, 2.24) is 0 Å². The number of thiophene rings is 1. The van der Waals surface area contributed by atoms with Gasteiger partial charge in [0.2, 0.25) is 0 Å². The predicted octanol–water partition coefficient (Wildman–Crippen LogP) is 3.90. The Hall–Kier alpha value is -2.47. The number of aryl methyl sites for hydroxylation is 1. The molecular weight excluding hydrogens is 288 g/mol. The van der Waals surface area contributed by atoms with Gasteiger partial charge in [-0.2, -0.15) is 0 Å². The fourth-order valence-corrected chi connectivity index (χ4v) is 2.62. The molecule has 6 heteroatoms. The van der Waals surface area contributed by atoms with Gasteiger partial charge in [-0.25, -0.2) is 0 Å². The van der Waals surface area contributed by atoms with E-state index in [9.17, 15) is 14.9 Å². The van der Waals surface area contributed by atoms with Crippen LogP contribution in [0.15, 0.2) is 36.4 Å². The second-order valence-electron chi connectivity index (χ2n) is 4.39. The molecule has 0 amide bonds. The first kappa shape index (κ1) is 14.9. The molecule has 0 atom stereocenters. The van der Waals surface area contributed by atoms with Crippen molar-refractivity contribution in [2.75, 3.05) is 12.4 Å². The molecule has 1 aromatic heterocycles. The Bertz CT molecular complexity index is 719. The Morgan fingerprint density at radius 1 is 1.33 bits per heavy atom. The van der Waals surface area contributed by atoms with Crippen LogP contribution in [0, 0.1) is 17.0 Å². The molecule has 2 aromatic rings. The number of nitrogens with one attached hydrogen (secondary N) is 1. The van der Waals surface area contributed by atoms with Gasteiger partial charge in [0, 0.05) is 18.0 Å². The van der Waals surface area contributed by atoms with Gasteiger partial charge in [0.05, 0.1) is 9.80 Å². The summed E-state index contributed by atoms with van der Waals surface area (Å²) in [6, 6.07) is 8.45. The minimum Gasteiger partial charge on any atom is -0.383 e. The van der Waals surface area contributed by atoms with Crippen molar-refractivity contribution >= 4 is 34.6 Å². The zero-order valence-electron chi connectivity index (χ0n) is 11.6. The topological polar surface area (TPSA) is 72.2 Å². The van der Waals surface area contributed by atoms with Gasteiger partial charge < -0.3 is 5.32 Å². The van der Waals surface area contributed by atoms with Crippen LogP contribution in [-0.4, -0.2) is 17.8 Å². The molecule has 1 N–H and O–H groups in total. The Labute approximate surface area is 126 Å². The van der Waals surface area contributed by atoms with Crippen molar-refractivity contribution in [2.24, 2.45) is 0 Å². The molecule has 0 radical (unpaired) electrons. The summed E-state index contributed by atoms with van der Waals surface area (Å²) in [5.74, 6) is -0.103. The van der Waals surface area contributed by atoms with Crippen LogP contribution in [0.5, 0.6) is 0 Å². The van der Waals surface area contributed by atoms with E-state index in [1.54, 1.807) is 31.3 Å². The minimum absolute atomic E-state index is 0.0148. The van der Waals surface area contributed by atoms with E-state index < -0.39 is 4.92 Å². The number of benzene rings is 1. The molecule has 0 fully saturated rings. The fourth-order valence-electron chi connectivity index (χ4n) is 1.84. The predicted molar refractivity (Wildman–Crippen MR) is 85.1 cm³/mol. The van der Waals surface area contributed by atoms with Gasteiger partial charge in [-0.05, 0) is 36.8 Å². The van der Waals surface area contributed by atoms with Gasteiger partial charge in [0.1, 0.15) is 5.69 Å². The summed E-state index contributed by atoms with van der Waals surface area (Å²) in [5.41, 5.74) is 1.04. The van der Waals surface area contributed by atoms with E-state index in [1.165, 1.54) is 23.5 Å². The molecule has 0 saturated carbocycles. The lowest BCUT2D eigenvalue weighted by Crippen LogP contribution is -1.96. The maximum absolute atomic E-state index is 12.0. The fraction of sp³-hybridized carbons (Fsp3) is 0.133. The van der Waals surface area contributed by atoms with E-state index in [0.717, 1.165) is 4.88 Å². The average molecular weight is 302 g/mol. The number of carbonyl (C=O) groups is 1. The lowest BCUT2D eigenvalue weighted by molar-refractivity contribution is -0.383. The number of rotatable bonds is 5. The van der Waals surface area contributed by atoms with Crippen molar-refractivity contribution in [1.29, 1.82) is 0 Å². The van der Waals surface area contributed by atoms with Crippen molar-refractivity contribution in [3.05, 3.63) is 61.8 Å². The van der Waals surface area contributed by atoms with Crippen molar-refractivity contribution < 1.29 is 9.72 Å². The Morgan fingerprint density at radius 3 is 2.67 bits per heavy atom. The van der Waals surface area contributed by atoms with Crippen LogP contribution in [0.4, 0.5) is 11.4 Å². The third-order valence-corrected chi connectivity index (χ3v) is 3.91. The molecule has 5 nitrogen and oxygen atoms in total. The molecule has 0 spiro atoms. The van der Waals surface area contributed by atoms with Gasteiger partial charge in [0.25, 0.3) is 5.69 Å². The van der Waals surface area contributed by atoms with E-state index >= 15 is 0 Å². The van der Waals surface area contributed by atoms with Gasteiger partial charge in [0.15, 0.2) is 5.78 Å². The number of allylic oxidation sites excluding steroid dienone is 1. The highest BCUT2D eigenvalue weighted by Crippen LogP contribution is 2.25. The smallest absolute Gasteiger partial charge is 0.292 e. The van der Waals surface area contributed by atoms with Crippen molar-refractivity contribution in [2.45, 2.75) is 6.92 Å². The van der Waals surface area contributed by atoms with Gasteiger partial charge in [-0.1, -0.05) is 12.1 Å². The molecule has 0 aliphatic carbocycles. The molecular formula is C15H14N2O3S. The number of anilines is 1. The van der Waals surface area contributed by atoms with Crippen molar-refractivity contribution in [3.8, 4) is 0 Å². The van der Waals surface area contributed by atoms with E-state index in [0.29, 0.717) is 16.1 Å². The summed E-state index contributed by atoms with van der Waals surface area (Å²) in [7, 11) is 1.63. The molecule has 1 aromatic carbocycles. The summed E-state index contributed by atoms with van der Waals surface area (Å²) in [5, 5.41) is 13.7. The normalized spacial score (nSPS) is 10.8. The number of hydrogen-bond acceptors (Lipinski definition) is 5. The first-order valence-corrected chi connectivity index (χ1v) is 7.08. The highest BCUT2D eigenvalue weighted by molar-refractivity contribution is 7.14. The number of nitrogens with zero attached hydrogens (tertiary/aromatic N) is 1. The maximum atomic E-state index is 12.0. The van der Waals surface area contributed by atoms with Crippen LogP contribution in [0.2, 0.25) is 0 Å². The van der Waals surface area contributed by atoms with E-state index in [-0.39, 0.29) is 11.5 Å². The molecule has 108 valence electrons. The van der Waals surface area contributed by atoms with Crippen LogP contribution in [-0.2, 0) is 0 Å².